The Labute approximate surface area is 273 Å². The van der Waals surface area contributed by atoms with Crippen LogP contribution in [0.4, 0.5) is 0 Å². The third-order valence-electron chi connectivity index (χ3n) is 9.17. The van der Waals surface area contributed by atoms with E-state index in [0.29, 0.717) is 58.2 Å². The number of carbonyl (C=O) groups is 2. The minimum atomic E-state index is -3.60. The highest BCUT2D eigenvalue weighted by Crippen LogP contribution is 2.35. The Morgan fingerprint density at radius 1 is 0.956 bits per heavy atom. The predicted molar refractivity (Wildman–Crippen MR) is 179 cm³/mol. The van der Waals surface area contributed by atoms with E-state index < -0.39 is 28.1 Å². The molecule has 0 radical (unpaired) electrons. The summed E-state index contributed by atoms with van der Waals surface area (Å²) in [5, 5.41) is 26.3. The van der Waals surface area contributed by atoms with Crippen LogP contribution in [0.3, 0.4) is 0 Å². The van der Waals surface area contributed by atoms with Gasteiger partial charge in [0.05, 0.1) is 24.0 Å². The number of terminal acetylenes is 1. The lowest BCUT2D eigenvalue weighted by molar-refractivity contribution is -0.139. The molecule has 5 atom stereocenters. The third kappa shape index (κ3) is 13.9. The summed E-state index contributed by atoms with van der Waals surface area (Å²) in [6.45, 7) is 11.6. The third-order valence-corrected chi connectivity index (χ3v) is 10.8. The predicted octanol–water partition coefficient (Wildman–Crippen LogP) is 3.68. The SMILES string of the molecule is C#CC1CC(C(=O)NC(CC2CCC(O)CC2)C(O)CN(CCCC)NS(=O)(=O)CC(C)C)CC(C(=O)N(CCC)CCC)C1. The number of nitrogens with one attached hydrogen (secondary N) is 2. The molecule has 0 spiro atoms. The number of aliphatic hydroxyl groups is 2. The van der Waals surface area contributed by atoms with E-state index in [1.165, 1.54) is 0 Å². The maximum absolute atomic E-state index is 13.9. The van der Waals surface area contributed by atoms with Gasteiger partial charge in [0.1, 0.15) is 0 Å². The molecule has 2 aliphatic carbocycles. The molecule has 10 nitrogen and oxygen atoms in total. The van der Waals surface area contributed by atoms with Crippen LogP contribution in [-0.4, -0.2) is 90.5 Å². The fourth-order valence-corrected chi connectivity index (χ4v) is 8.41. The second-order valence-corrected chi connectivity index (χ2v) is 15.7. The molecule has 0 saturated heterocycles. The normalized spacial score (nSPS) is 25.5. The zero-order chi connectivity index (χ0) is 33.6. The van der Waals surface area contributed by atoms with E-state index in [0.717, 1.165) is 38.5 Å². The van der Waals surface area contributed by atoms with Crippen LogP contribution in [0.5, 0.6) is 0 Å². The maximum atomic E-state index is 13.9. The molecule has 0 aromatic carbocycles. The molecular weight excluding hydrogens is 592 g/mol. The van der Waals surface area contributed by atoms with Crippen LogP contribution in [0, 0.1) is 41.9 Å². The topological polar surface area (TPSA) is 139 Å². The van der Waals surface area contributed by atoms with Crippen molar-refractivity contribution in [1.29, 1.82) is 0 Å². The molecule has 0 bridgehead atoms. The van der Waals surface area contributed by atoms with Crippen molar-refractivity contribution in [2.45, 2.75) is 130 Å². The average Bonchev–Trinajstić information content (AvgIpc) is 2.98. The number of hydrogen-bond donors (Lipinski definition) is 4. The lowest BCUT2D eigenvalue weighted by atomic mass is 9.74. The first-order chi connectivity index (χ1) is 21.3. The summed E-state index contributed by atoms with van der Waals surface area (Å²) in [6, 6.07) is -0.617. The molecule has 4 N–H and O–H groups in total. The first-order valence-corrected chi connectivity index (χ1v) is 19.1. The van der Waals surface area contributed by atoms with E-state index in [1.807, 2.05) is 25.7 Å². The summed E-state index contributed by atoms with van der Waals surface area (Å²) in [5.41, 5.74) is 0. The molecule has 0 heterocycles. The Bertz CT molecular complexity index is 1030. The fraction of sp³-hybridized carbons (Fsp3) is 0.882. The van der Waals surface area contributed by atoms with Crippen LogP contribution in [-0.2, 0) is 19.6 Å². The Morgan fingerprint density at radius 2 is 1.58 bits per heavy atom. The monoisotopic (exact) mass is 654 g/mol. The van der Waals surface area contributed by atoms with Crippen molar-refractivity contribution in [3.05, 3.63) is 0 Å². The zero-order valence-corrected chi connectivity index (χ0v) is 29.4. The molecule has 0 aromatic rings. The van der Waals surface area contributed by atoms with Gasteiger partial charge in [0.2, 0.25) is 21.8 Å². The average molecular weight is 655 g/mol. The van der Waals surface area contributed by atoms with E-state index in [9.17, 15) is 28.2 Å². The molecule has 2 rings (SSSR count). The number of hydrogen-bond acceptors (Lipinski definition) is 7. The largest absolute Gasteiger partial charge is 0.393 e. The minimum absolute atomic E-state index is 0.0257. The van der Waals surface area contributed by atoms with Gasteiger partial charge in [-0.25, -0.2) is 13.4 Å². The summed E-state index contributed by atoms with van der Waals surface area (Å²) < 4.78 is 25.6. The van der Waals surface area contributed by atoms with Crippen LogP contribution >= 0.6 is 0 Å². The maximum Gasteiger partial charge on any atom is 0.225 e. The molecule has 5 unspecified atom stereocenters. The van der Waals surface area contributed by atoms with Gasteiger partial charge >= 0.3 is 0 Å². The van der Waals surface area contributed by atoms with E-state index in [-0.39, 0.29) is 53.9 Å². The van der Waals surface area contributed by atoms with Crippen molar-refractivity contribution in [3.63, 3.8) is 0 Å². The molecule has 2 saturated carbocycles. The number of amides is 2. The Morgan fingerprint density at radius 3 is 2.13 bits per heavy atom. The highest BCUT2D eigenvalue weighted by atomic mass is 32.2. The number of unbranched alkanes of at least 4 members (excludes halogenated alkanes) is 1. The molecule has 2 amide bonds. The van der Waals surface area contributed by atoms with Gasteiger partial charge in [-0.1, -0.05) is 41.0 Å². The molecule has 2 fully saturated rings. The second-order valence-electron chi connectivity index (χ2n) is 13.9. The lowest BCUT2D eigenvalue weighted by Crippen LogP contribution is -2.55. The van der Waals surface area contributed by atoms with Gasteiger partial charge < -0.3 is 20.4 Å². The van der Waals surface area contributed by atoms with Crippen LogP contribution in [0.1, 0.15) is 112 Å². The van der Waals surface area contributed by atoms with Crippen LogP contribution in [0.15, 0.2) is 0 Å². The van der Waals surface area contributed by atoms with Gasteiger partial charge in [0.15, 0.2) is 0 Å². The van der Waals surface area contributed by atoms with Gasteiger partial charge in [-0.05, 0) is 82.5 Å². The quantitative estimate of drug-likeness (QED) is 0.123. The van der Waals surface area contributed by atoms with Gasteiger partial charge in [-0.3, -0.25) is 9.59 Å². The number of hydrazine groups is 1. The lowest BCUT2D eigenvalue weighted by Gasteiger charge is -2.37. The van der Waals surface area contributed by atoms with E-state index in [4.69, 9.17) is 6.42 Å². The van der Waals surface area contributed by atoms with Crippen molar-refractivity contribution in [1.82, 2.24) is 20.1 Å². The van der Waals surface area contributed by atoms with Crippen molar-refractivity contribution in [2.75, 3.05) is 31.9 Å². The molecule has 0 aromatic heterocycles. The number of carbonyl (C=O) groups excluding carboxylic acids is 2. The van der Waals surface area contributed by atoms with Crippen LogP contribution in [0.25, 0.3) is 0 Å². The molecule has 45 heavy (non-hydrogen) atoms. The van der Waals surface area contributed by atoms with E-state index >= 15 is 0 Å². The zero-order valence-electron chi connectivity index (χ0n) is 28.5. The minimum Gasteiger partial charge on any atom is -0.393 e. The Kier molecular flexibility index (Phi) is 17.4. The number of nitrogens with zero attached hydrogens (tertiary/aromatic N) is 2. The summed E-state index contributed by atoms with van der Waals surface area (Å²) in [5.74, 6) is 1.83. The molecule has 260 valence electrons. The molecule has 0 aliphatic heterocycles. The smallest absolute Gasteiger partial charge is 0.225 e. The standard InChI is InChI=1S/C34H62N4O6S/c1-7-11-18-38(36-45(43,44)24-25(5)6)23-32(40)31(21-27-12-14-30(39)15-13-27)35-33(41)28-19-26(10-4)20-29(22-28)34(42)37(16-8-2)17-9-3/h4,25-32,36,39-40H,7-9,11-24H2,1-3,5-6H3,(H,35,41). The summed E-state index contributed by atoms with van der Waals surface area (Å²) >= 11 is 0. The van der Waals surface area contributed by atoms with E-state index in [1.54, 1.807) is 5.01 Å². The summed E-state index contributed by atoms with van der Waals surface area (Å²) in [6.07, 6.45) is 12.8. The van der Waals surface area contributed by atoms with Crippen molar-refractivity contribution in [3.8, 4) is 12.3 Å². The Hall–Kier alpha value is -1.71. The molecule has 11 heteroatoms. The van der Waals surface area contributed by atoms with Crippen LogP contribution in [0.2, 0.25) is 0 Å². The summed E-state index contributed by atoms with van der Waals surface area (Å²) in [7, 11) is -3.60. The van der Waals surface area contributed by atoms with Gasteiger partial charge in [0.25, 0.3) is 0 Å². The highest BCUT2D eigenvalue weighted by molar-refractivity contribution is 7.89. The van der Waals surface area contributed by atoms with Crippen LogP contribution < -0.4 is 10.1 Å². The molecule has 2 aliphatic rings. The van der Waals surface area contributed by atoms with Crippen molar-refractivity contribution < 1.29 is 28.2 Å². The van der Waals surface area contributed by atoms with Crippen molar-refractivity contribution >= 4 is 21.8 Å². The first kappa shape index (κ1) is 39.5. The van der Waals surface area contributed by atoms with Gasteiger partial charge in [0, 0.05) is 43.9 Å². The Balaban J connectivity index is 2.25. The first-order valence-electron chi connectivity index (χ1n) is 17.5. The van der Waals surface area contributed by atoms with Gasteiger partial charge in [-0.2, -0.15) is 0 Å². The second kappa shape index (κ2) is 19.8. The fourth-order valence-electron chi connectivity index (χ4n) is 6.90. The number of aliphatic hydroxyl groups excluding tert-OH is 2. The molecular formula is C34H62N4O6S. The van der Waals surface area contributed by atoms with Gasteiger partial charge in [-0.15, -0.1) is 17.2 Å². The van der Waals surface area contributed by atoms with Crippen molar-refractivity contribution in [2.24, 2.45) is 29.6 Å². The highest BCUT2D eigenvalue weighted by Gasteiger charge is 2.39. The van der Waals surface area contributed by atoms with E-state index in [2.05, 4.69) is 29.9 Å². The number of sulfonamides is 1. The summed E-state index contributed by atoms with van der Waals surface area (Å²) in [4.78, 5) is 32.0. The number of rotatable bonds is 19.